The summed E-state index contributed by atoms with van der Waals surface area (Å²) in [6.45, 7) is 4.44. The molecule has 2 aromatic carbocycles. The van der Waals surface area contributed by atoms with Crippen molar-refractivity contribution in [2.45, 2.75) is 32.4 Å². The van der Waals surface area contributed by atoms with Crippen LogP contribution in [0.5, 0.6) is 0 Å². The van der Waals surface area contributed by atoms with E-state index in [4.69, 9.17) is 0 Å². The van der Waals surface area contributed by atoms with Crippen molar-refractivity contribution in [1.29, 1.82) is 0 Å². The van der Waals surface area contributed by atoms with Crippen LogP contribution in [0.15, 0.2) is 72.1 Å². The van der Waals surface area contributed by atoms with Gasteiger partial charge in [0.15, 0.2) is 0 Å². The standard InChI is InChI=1S/C23H26N2OS/c1-3-18-11-13-20(14-12-18)23(21-10-7-15-27-21)24-16-22(26)25-17(2)19-8-5-4-6-9-19/h4-15,17,23-24H,3,16H2,1-2H3,(H,25,26)/t17-,23+/m0/s1. The van der Waals surface area contributed by atoms with Crippen molar-refractivity contribution in [2.75, 3.05) is 6.54 Å². The average Bonchev–Trinajstić information content (AvgIpc) is 3.24. The number of amides is 1. The Hall–Kier alpha value is -2.43. The summed E-state index contributed by atoms with van der Waals surface area (Å²) in [5, 5.41) is 8.57. The molecule has 3 aromatic rings. The van der Waals surface area contributed by atoms with E-state index in [0.29, 0.717) is 0 Å². The van der Waals surface area contributed by atoms with E-state index in [1.54, 1.807) is 11.3 Å². The third-order valence-corrected chi connectivity index (χ3v) is 5.63. The number of rotatable bonds is 8. The van der Waals surface area contributed by atoms with Gasteiger partial charge < -0.3 is 5.32 Å². The van der Waals surface area contributed by atoms with Crippen LogP contribution in [0.2, 0.25) is 0 Å². The first-order chi connectivity index (χ1) is 13.2. The number of hydrogen-bond donors (Lipinski definition) is 2. The molecule has 0 saturated carbocycles. The van der Waals surface area contributed by atoms with Crippen molar-refractivity contribution in [3.63, 3.8) is 0 Å². The maximum Gasteiger partial charge on any atom is 0.234 e. The number of benzene rings is 2. The van der Waals surface area contributed by atoms with Crippen LogP contribution in [0.1, 0.15) is 47.5 Å². The van der Waals surface area contributed by atoms with Gasteiger partial charge >= 0.3 is 0 Å². The van der Waals surface area contributed by atoms with E-state index in [1.165, 1.54) is 16.0 Å². The van der Waals surface area contributed by atoms with E-state index in [-0.39, 0.29) is 24.5 Å². The summed E-state index contributed by atoms with van der Waals surface area (Å²) in [4.78, 5) is 13.7. The van der Waals surface area contributed by atoms with Gasteiger partial charge in [-0.25, -0.2) is 0 Å². The van der Waals surface area contributed by atoms with E-state index in [1.807, 2.05) is 43.3 Å². The summed E-state index contributed by atoms with van der Waals surface area (Å²) >= 11 is 1.70. The molecule has 4 heteroatoms. The zero-order valence-corrected chi connectivity index (χ0v) is 16.6. The molecule has 0 bridgehead atoms. The fourth-order valence-electron chi connectivity index (χ4n) is 3.10. The largest absolute Gasteiger partial charge is 0.348 e. The molecule has 0 unspecified atom stereocenters. The third-order valence-electron chi connectivity index (χ3n) is 4.69. The lowest BCUT2D eigenvalue weighted by molar-refractivity contribution is -0.121. The molecule has 1 heterocycles. The van der Waals surface area contributed by atoms with Crippen molar-refractivity contribution in [3.05, 3.63) is 93.7 Å². The van der Waals surface area contributed by atoms with Gasteiger partial charge in [-0.15, -0.1) is 11.3 Å². The lowest BCUT2D eigenvalue weighted by Gasteiger charge is -2.20. The Bertz CT molecular complexity index is 829. The molecular weight excluding hydrogens is 352 g/mol. The number of aryl methyl sites for hydroxylation is 1. The van der Waals surface area contributed by atoms with Gasteiger partial charge in [-0.1, -0.05) is 67.6 Å². The third kappa shape index (κ3) is 5.28. The lowest BCUT2D eigenvalue weighted by Crippen LogP contribution is -2.37. The van der Waals surface area contributed by atoms with Gasteiger partial charge in [-0.05, 0) is 41.5 Å². The highest BCUT2D eigenvalue weighted by Gasteiger charge is 2.17. The van der Waals surface area contributed by atoms with Gasteiger partial charge in [-0.2, -0.15) is 0 Å². The number of carbonyl (C=O) groups is 1. The Morgan fingerprint density at radius 3 is 2.33 bits per heavy atom. The van der Waals surface area contributed by atoms with Crippen LogP contribution in [-0.2, 0) is 11.2 Å². The van der Waals surface area contributed by atoms with E-state index in [2.05, 4.69) is 53.3 Å². The molecule has 0 fully saturated rings. The molecule has 2 atom stereocenters. The summed E-state index contributed by atoms with van der Waals surface area (Å²) in [6.07, 6.45) is 1.02. The second-order valence-electron chi connectivity index (χ2n) is 6.62. The molecule has 140 valence electrons. The zero-order valence-electron chi connectivity index (χ0n) is 15.8. The minimum Gasteiger partial charge on any atom is -0.348 e. The summed E-state index contributed by atoms with van der Waals surface area (Å²) < 4.78 is 0. The van der Waals surface area contributed by atoms with Crippen LogP contribution in [-0.4, -0.2) is 12.5 Å². The first-order valence-corrected chi connectivity index (χ1v) is 10.2. The Balaban J connectivity index is 1.65. The average molecular weight is 379 g/mol. The number of nitrogens with one attached hydrogen (secondary N) is 2. The van der Waals surface area contributed by atoms with E-state index in [9.17, 15) is 4.79 Å². The van der Waals surface area contributed by atoms with Gasteiger partial charge in [-0.3, -0.25) is 10.1 Å². The zero-order chi connectivity index (χ0) is 19.1. The van der Waals surface area contributed by atoms with Crippen molar-refractivity contribution in [3.8, 4) is 0 Å². The Labute approximate surface area is 165 Å². The van der Waals surface area contributed by atoms with Gasteiger partial charge in [0.2, 0.25) is 5.91 Å². The quantitative estimate of drug-likeness (QED) is 0.587. The number of thiophene rings is 1. The molecule has 0 radical (unpaired) electrons. The fourth-order valence-corrected chi connectivity index (χ4v) is 3.92. The normalized spacial score (nSPS) is 13.1. The summed E-state index contributed by atoms with van der Waals surface area (Å²) in [6, 6.07) is 22.8. The summed E-state index contributed by atoms with van der Waals surface area (Å²) in [7, 11) is 0. The highest BCUT2D eigenvalue weighted by molar-refractivity contribution is 7.10. The van der Waals surface area contributed by atoms with Gasteiger partial charge in [0.05, 0.1) is 18.6 Å². The molecule has 0 spiro atoms. The van der Waals surface area contributed by atoms with E-state index < -0.39 is 0 Å². The molecule has 0 aliphatic heterocycles. The van der Waals surface area contributed by atoms with E-state index in [0.717, 1.165) is 12.0 Å². The Morgan fingerprint density at radius 1 is 0.963 bits per heavy atom. The van der Waals surface area contributed by atoms with Crippen molar-refractivity contribution in [2.24, 2.45) is 0 Å². The summed E-state index contributed by atoms with van der Waals surface area (Å²) in [5.41, 5.74) is 3.60. The van der Waals surface area contributed by atoms with E-state index >= 15 is 0 Å². The monoisotopic (exact) mass is 378 g/mol. The summed E-state index contributed by atoms with van der Waals surface area (Å²) in [5.74, 6) is -0.00177. The van der Waals surface area contributed by atoms with Crippen LogP contribution in [0.3, 0.4) is 0 Å². The fraction of sp³-hybridized carbons (Fsp3) is 0.261. The van der Waals surface area contributed by atoms with Gasteiger partial charge in [0.1, 0.15) is 0 Å². The van der Waals surface area contributed by atoms with Crippen molar-refractivity contribution in [1.82, 2.24) is 10.6 Å². The topological polar surface area (TPSA) is 41.1 Å². The van der Waals surface area contributed by atoms with Crippen LogP contribution >= 0.6 is 11.3 Å². The van der Waals surface area contributed by atoms with Crippen molar-refractivity contribution < 1.29 is 4.79 Å². The second-order valence-corrected chi connectivity index (χ2v) is 7.60. The molecular formula is C23H26N2OS. The Morgan fingerprint density at radius 2 is 1.70 bits per heavy atom. The molecule has 1 amide bonds. The Kier molecular flexibility index (Phi) is 6.80. The van der Waals surface area contributed by atoms with Crippen LogP contribution in [0, 0.1) is 0 Å². The van der Waals surface area contributed by atoms with Gasteiger partial charge in [0, 0.05) is 4.88 Å². The SMILES string of the molecule is CCc1ccc([C@@H](NCC(=O)N[C@@H](C)c2ccccc2)c2cccs2)cc1. The molecule has 3 nitrogen and oxygen atoms in total. The molecule has 0 aliphatic rings. The molecule has 0 saturated heterocycles. The van der Waals surface area contributed by atoms with Crippen LogP contribution in [0.4, 0.5) is 0 Å². The molecule has 3 rings (SSSR count). The highest BCUT2D eigenvalue weighted by Crippen LogP contribution is 2.26. The maximum absolute atomic E-state index is 12.5. The number of carbonyl (C=O) groups excluding carboxylic acids is 1. The molecule has 1 aromatic heterocycles. The minimum absolute atomic E-state index is 0.00177. The van der Waals surface area contributed by atoms with Gasteiger partial charge in [0.25, 0.3) is 0 Å². The molecule has 27 heavy (non-hydrogen) atoms. The minimum atomic E-state index is -0.00970. The maximum atomic E-state index is 12.5. The smallest absolute Gasteiger partial charge is 0.234 e. The lowest BCUT2D eigenvalue weighted by atomic mass is 10.0. The second kappa shape index (κ2) is 9.49. The molecule has 0 aliphatic carbocycles. The first kappa shape index (κ1) is 19.3. The van der Waals surface area contributed by atoms with Crippen molar-refractivity contribution >= 4 is 17.2 Å². The highest BCUT2D eigenvalue weighted by atomic mass is 32.1. The van der Waals surface area contributed by atoms with Crippen LogP contribution < -0.4 is 10.6 Å². The predicted molar refractivity (Wildman–Crippen MR) is 113 cm³/mol. The number of hydrogen-bond acceptors (Lipinski definition) is 3. The van der Waals surface area contributed by atoms with Crippen LogP contribution in [0.25, 0.3) is 0 Å². The first-order valence-electron chi connectivity index (χ1n) is 9.37. The predicted octanol–water partition coefficient (Wildman–Crippen LogP) is 4.87. The molecule has 2 N–H and O–H groups in total.